The number of amides is 1. The van der Waals surface area contributed by atoms with Gasteiger partial charge < -0.3 is 10.6 Å². The highest BCUT2D eigenvalue weighted by Gasteiger charge is 2.33. The minimum atomic E-state index is -4.64. The predicted octanol–water partition coefficient (Wildman–Crippen LogP) is 2.85. The molecule has 0 radical (unpaired) electrons. The zero-order valence-corrected chi connectivity index (χ0v) is 12.0. The average molecular weight is 306 g/mol. The molecule has 0 aliphatic carbocycles. The van der Waals surface area contributed by atoms with Crippen LogP contribution in [-0.4, -0.2) is 18.0 Å². The maximum Gasteiger partial charge on any atom is 0.416 e. The molecule has 0 aliphatic heterocycles. The van der Waals surface area contributed by atoms with Gasteiger partial charge in [-0.2, -0.15) is 13.2 Å². The van der Waals surface area contributed by atoms with Crippen LogP contribution in [0.3, 0.4) is 0 Å². The van der Waals surface area contributed by atoms with E-state index >= 15 is 0 Å². The Morgan fingerprint density at radius 1 is 1.24 bits per heavy atom. The van der Waals surface area contributed by atoms with E-state index in [1.807, 2.05) is 0 Å². The van der Waals surface area contributed by atoms with Crippen molar-refractivity contribution in [3.8, 4) is 0 Å². The molecule has 118 valence electrons. The molecule has 1 aromatic rings. The summed E-state index contributed by atoms with van der Waals surface area (Å²) < 4.78 is 51.4. The summed E-state index contributed by atoms with van der Waals surface area (Å²) in [5.74, 6) is -1.25. The van der Waals surface area contributed by atoms with E-state index in [9.17, 15) is 22.4 Å². The molecule has 0 spiro atoms. The molecule has 0 heterocycles. The summed E-state index contributed by atoms with van der Waals surface area (Å²) in [6.07, 6.45) is -4.64. The van der Waals surface area contributed by atoms with Crippen molar-refractivity contribution in [3.63, 3.8) is 0 Å². The Bertz CT molecular complexity index is 500. The van der Waals surface area contributed by atoms with Gasteiger partial charge in [0, 0.05) is 12.6 Å². The zero-order chi connectivity index (χ0) is 16.2. The highest BCUT2D eigenvalue weighted by atomic mass is 19.4. The second-order valence-electron chi connectivity index (χ2n) is 5.07. The van der Waals surface area contributed by atoms with E-state index < -0.39 is 23.6 Å². The molecule has 0 aromatic heterocycles. The molecule has 21 heavy (non-hydrogen) atoms. The van der Waals surface area contributed by atoms with E-state index in [4.69, 9.17) is 0 Å². The maximum absolute atomic E-state index is 13.0. The Kier molecular flexibility index (Phi) is 5.71. The molecule has 0 saturated heterocycles. The lowest BCUT2D eigenvalue weighted by atomic mass is 10.1. The van der Waals surface area contributed by atoms with Crippen LogP contribution >= 0.6 is 0 Å². The highest BCUT2D eigenvalue weighted by molar-refractivity contribution is 5.81. The molecule has 7 heteroatoms. The molecular weight excluding hydrogens is 288 g/mol. The van der Waals surface area contributed by atoms with Gasteiger partial charge in [-0.25, -0.2) is 4.39 Å². The average Bonchev–Trinajstić information content (AvgIpc) is 2.34. The number of nitrogens with one attached hydrogen (secondary N) is 2. The first-order valence-electron chi connectivity index (χ1n) is 6.50. The van der Waals surface area contributed by atoms with E-state index in [2.05, 4.69) is 10.6 Å². The largest absolute Gasteiger partial charge is 0.416 e. The number of alkyl halides is 3. The Balaban J connectivity index is 2.78. The molecule has 1 atom stereocenters. The predicted molar refractivity (Wildman–Crippen MR) is 71.0 cm³/mol. The van der Waals surface area contributed by atoms with Gasteiger partial charge in [-0.05, 0) is 38.5 Å². The summed E-state index contributed by atoms with van der Waals surface area (Å²) in [6.45, 7) is 4.94. The first-order valence-corrected chi connectivity index (χ1v) is 6.50. The summed E-state index contributed by atoms with van der Waals surface area (Å²) in [6, 6.07) is 1.77. The highest BCUT2D eigenvalue weighted by Crippen LogP contribution is 2.32. The summed E-state index contributed by atoms with van der Waals surface area (Å²) in [5.41, 5.74) is -1.14. The van der Waals surface area contributed by atoms with Crippen molar-refractivity contribution >= 4 is 5.91 Å². The molecule has 1 rings (SSSR count). The van der Waals surface area contributed by atoms with Gasteiger partial charge >= 0.3 is 6.18 Å². The Morgan fingerprint density at radius 3 is 2.38 bits per heavy atom. The second kappa shape index (κ2) is 6.89. The molecule has 3 nitrogen and oxygen atoms in total. The van der Waals surface area contributed by atoms with Crippen LogP contribution in [0, 0.1) is 5.82 Å². The van der Waals surface area contributed by atoms with Crippen LogP contribution in [0.1, 0.15) is 31.9 Å². The van der Waals surface area contributed by atoms with Crippen LogP contribution in [0.5, 0.6) is 0 Å². The molecule has 1 aromatic carbocycles. The molecule has 0 saturated carbocycles. The fourth-order valence-corrected chi connectivity index (χ4v) is 1.73. The number of halogens is 4. The van der Waals surface area contributed by atoms with Gasteiger partial charge in [-0.15, -0.1) is 0 Å². The van der Waals surface area contributed by atoms with Crippen molar-refractivity contribution in [2.24, 2.45) is 0 Å². The SMILES string of the molecule is CC(C)NC(=O)C(C)NCc1ccc(F)cc1C(F)(F)F. The fourth-order valence-electron chi connectivity index (χ4n) is 1.73. The Hall–Kier alpha value is -1.63. The first kappa shape index (κ1) is 17.4. The monoisotopic (exact) mass is 306 g/mol. The second-order valence-corrected chi connectivity index (χ2v) is 5.07. The molecule has 1 amide bonds. The molecule has 2 N–H and O–H groups in total. The van der Waals surface area contributed by atoms with Crippen molar-refractivity contribution in [3.05, 3.63) is 35.1 Å². The number of carbonyl (C=O) groups excluding carboxylic acids is 1. The fraction of sp³-hybridized carbons (Fsp3) is 0.500. The lowest BCUT2D eigenvalue weighted by Crippen LogP contribution is -2.44. The zero-order valence-electron chi connectivity index (χ0n) is 12.0. The number of carbonyl (C=O) groups is 1. The summed E-state index contributed by atoms with van der Waals surface area (Å²) in [7, 11) is 0. The minimum absolute atomic E-state index is 0.0571. The van der Waals surface area contributed by atoms with E-state index in [0.717, 1.165) is 12.1 Å². The van der Waals surface area contributed by atoms with Crippen molar-refractivity contribution in [2.75, 3.05) is 0 Å². The van der Waals surface area contributed by atoms with Gasteiger partial charge in [-0.1, -0.05) is 6.07 Å². The van der Waals surface area contributed by atoms with Gasteiger partial charge in [0.2, 0.25) is 5.91 Å². The van der Waals surface area contributed by atoms with Crippen LogP contribution < -0.4 is 10.6 Å². The molecular formula is C14H18F4N2O. The quantitative estimate of drug-likeness (QED) is 0.821. The van der Waals surface area contributed by atoms with Gasteiger partial charge in [0.25, 0.3) is 0 Å². The van der Waals surface area contributed by atoms with Gasteiger partial charge in [0.05, 0.1) is 11.6 Å². The van der Waals surface area contributed by atoms with E-state index in [1.54, 1.807) is 20.8 Å². The lowest BCUT2D eigenvalue weighted by Gasteiger charge is -2.18. The normalized spacial score (nSPS) is 13.3. The summed E-state index contributed by atoms with van der Waals surface area (Å²) >= 11 is 0. The third-order valence-electron chi connectivity index (χ3n) is 2.80. The number of hydrogen-bond donors (Lipinski definition) is 2. The van der Waals surface area contributed by atoms with Crippen molar-refractivity contribution in [1.29, 1.82) is 0 Å². The minimum Gasteiger partial charge on any atom is -0.353 e. The summed E-state index contributed by atoms with van der Waals surface area (Å²) in [4.78, 5) is 11.7. The topological polar surface area (TPSA) is 41.1 Å². The molecule has 0 aliphatic rings. The maximum atomic E-state index is 13.0. The Morgan fingerprint density at radius 2 is 1.86 bits per heavy atom. The Labute approximate surface area is 120 Å². The van der Waals surface area contributed by atoms with E-state index in [0.29, 0.717) is 6.07 Å². The lowest BCUT2D eigenvalue weighted by molar-refractivity contribution is -0.138. The third-order valence-corrected chi connectivity index (χ3v) is 2.80. The smallest absolute Gasteiger partial charge is 0.353 e. The van der Waals surface area contributed by atoms with Crippen LogP contribution in [-0.2, 0) is 17.5 Å². The molecule has 1 unspecified atom stereocenters. The number of hydrogen-bond acceptors (Lipinski definition) is 2. The summed E-state index contributed by atoms with van der Waals surface area (Å²) in [5, 5.41) is 5.35. The number of rotatable bonds is 5. The number of benzene rings is 1. The first-order chi connectivity index (χ1) is 9.61. The molecule has 0 fully saturated rings. The van der Waals surface area contributed by atoms with E-state index in [1.165, 1.54) is 0 Å². The van der Waals surface area contributed by atoms with Crippen LogP contribution in [0.4, 0.5) is 17.6 Å². The van der Waals surface area contributed by atoms with Gasteiger partial charge in [0.15, 0.2) is 0 Å². The van der Waals surface area contributed by atoms with Crippen LogP contribution in [0.25, 0.3) is 0 Å². The van der Waals surface area contributed by atoms with Crippen molar-refractivity contribution in [1.82, 2.24) is 10.6 Å². The van der Waals surface area contributed by atoms with Crippen molar-refractivity contribution in [2.45, 2.75) is 45.6 Å². The third kappa shape index (κ3) is 5.34. The van der Waals surface area contributed by atoms with E-state index in [-0.39, 0.29) is 24.1 Å². The van der Waals surface area contributed by atoms with Gasteiger partial charge in [-0.3, -0.25) is 4.79 Å². The van der Waals surface area contributed by atoms with Gasteiger partial charge in [0.1, 0.15) is 5.82 Å². The van der Waals surface area contributed by atoms with Crippen LogP contribution in [0.2, 0.25) is 0 Å². The standard InChI is InChI=1S/C14H18F4N2O/c1-8(2)20-13(21)9(3)19-7-10-4-5-11(15)6-12(10)14(16,17)18/h4-6,8-9,19H,7H2,1-3H3,(H,20,21). The van der Waals surface area contributed by atoms with Crippen LogP contribution in [0.15, 0.2) is 18.2 Å². The van der Waals surface area contributed by atoms with Crippen molar-refractivity contribution < 1.29 is 22.4 Å². The molecule has 0 bridgehead atoms.